The van der Waals surface area contributed by atoms with Gasteiger partial charge in [-0.25, -0.2) is 9.97 Å². The van der Waals surface area contributed by atoms with Gasteiger partial charge in [0.05, 0.1) is 17.5 Å². The molecule has 11 heteroatoms. The Morgan fingerprint density at radius 2 is 1.67 bits per heavy atom. The molecule has 0 saturated carbocycles. The molecule has 0 fully saturated rings. The second-order valence-electron chi connectivity index (χ2n) is 7.87. The van der Waals surface area contributed by atoms with E-state index in [1.54, 1.807) is 32.4 Å². The number of benzene rings is 1. The van der Waals surface area contributed by atoms with Crippen LogP contribution >= 0.6 is 0 Å². The highest BCUT2D eigenvalue weighted by atomic mass is 19.4. The van der Waals surface area contributed by atoms with Crippen molar-refractivity contribution in [3.8, 4) is 22.4 Å². The number of hydrogen-bond acceptors (Lipinski definition) is 7. The minimum Gasteiger partial charge on any atom is -0.373 e. The highest BCUT2D eigenvalue weighted by Gasteiger charge is 2.32. The van der Waals surface area contributed by atoms with Crippen LogP contribution in [0.5, 0.6) is 0 Å². The molecule has 4 aromatic rings. The van der Waals surface area contributed by atoms with Crippen LogP contribution in [0.1, 0.15) is 21.6 Å². The zero-order chi connectivity index (χ0) is 25.9. The molecule has 1 amide bonds. The first-order chi connectivity index (χ1) is 17.2. The van der Waals surface area contributed by atoms with Crippen LogP contribution in [0.3, 0.4) is 0 Å². The zero-order valence-corrected chi connectivity index (χ0v) is 19.6. The Labute approximate surface area is 205 Å². The topological polar surface area (TPSA) is 105 Å². The monoisotopic (exact) mass is 493 g/mol. The summed E-state index contributed by atoms with van der Waals surface area (Å²) in [5.74, 6) is 0.536. The molecule has 3 heterocycles. The molecule has 0 aliphatic rings. The zero-order valence-electron chi connectivity index (χ0n) is 19.6. The number of nitrogens with zero attached hydrogens (tertiary/aromatic N) is 4. The van der Waals surface area contributed by atoms with E-state index in [1.165, 1.54) is 0 Å². The molecule has 8 nitrogen and oxygen atoms in total. The van der Waals surface area contributed by atoms with Gasteiger partial charge in [0.25, 0.3) is 5.91 Å². The second kappa shape index (κ2) is 9.98. The summed E-state index contributed by atoms with van der Waals surface area (Å²) in [6.07, 6.45) is -2.37. The molecular formula is C25H22F3N7O. The Bertz CT molecular complexity index is 1420. The molecule has 0 saturated heterocycles. The van der Waals surface area contributed by atoms with Gasteiger partial charge in [0, 0.05) is 31.5 Å². The highest BCUT2D eigenvalue weighted by Crippen LogP contribution is 2.32. The van der Waals surface area contributed by atoms with Crippen LogP contribution < -0.4 is 16.0 Å². The van der Waals surface area contributed by atoms with Gasteiger partial charge in [0.1, 0.15) is 11.6 Å². The number of pyridine rings is 2. The van der Waals surface area contributed by atoms with Crippen LogP contribution in [0.2, 0.25) is 0 Å². The Morgan fingerprint density at radius 3 is 2.39 bits per heavy atom. The maximum Gasteiger partial charge on any atom is 0.418 e. The molecule has 0 atom stereocenters. The van der Waals surface area contributed by atoms with Crippen molar-refractivity contribution < 1.29 is 18.0 Å². The molecule has 0 bridgehead atoms. The molecular weight excluding hydrogens is 471 g/mol. The van der Waals surface area contributed by atoms with Crippen LogP contribution in [-0.4, -0.2) is 40.2 Å². The number of carbonyl (C=O) groups is 1. The van der Waals surface area contributed by atoms with E-state index < -0.39 is 23.3 Å². The van der Waals surface area contributed by atoms with Gasteiger partial charge in [-0.05, 0) is 66.1 Å². The molecule has 0 radical (unpaired) electrons. The third-order valence-corrected chi connectivity index (χ3v) is 5.41. The van der Waals surface area contributed by atoms with Crippen molar-refractivity contribution in [3.05, 3.63) is 77.7 Å². The van der Waals surface area contributed by atoms with Crippen molar-refractivity contribution in [3.63, 3.8) is 0 Å². The summed E-state index contributed by atoms with van der Waals surface area (Å²) >= 11 is 0. The van der Waals surface area contributed by atoms with Crippen molar-refractivity contribution in [1.29, 1.82) is 0 Å². The van der Waals surface area contributed by atoms with Gasteiger partial charge in [-0.1, -0.05) is 6.07 Å². The molecule has 36 heavy (non-hydrogen) atoms. The summed E-state index contributed by atoms with van der Waals surface area (Å²) in [6, 6.07) is 13.4. The predicted molar refractivity (Wildman–Crippen MR) is 132 cm³/mol. The van der Waals surface area contributed by atoms with E-state index in [4.69, 9.17) is 0 Å². The smallest absolute Gasteiger partial charge is 0.373 e. The lowest BCUT2D eigenvalue weighted by Gasteiger charge is -2.14. The number of aryl methyl sites for hydroxylation is 1. The van der Waals surface area contributed by atoms with Gasteiger partial charge in [0.2, 0.25) is 0 Å². The van der Waals surface area contributed by atoms with Crippen molar-refractivity contribution in [2.24, 2.45) is 0 Å². The van der Waals surface area contributed by atoms with Gasteiger partial charge in [-0.15, -0.1) is 5.10 Å². The van der Waals surface area contributed by atoms with Gasteiger partial charge in [-0.2, -0.15) is 18.3 Å². The van der Waals surface area contributed by atoms with Crippen LogP contribution in [0, 0.1) is 6.92 Å². The Hall–Kier alpha value is -4.54. The van der Waals surface area contributed by atoms with Crippen LogP contribution in [0.25, 0.3) is 22.4 Å². The SMILES string of the molecule is CNc1cc(-c2cc(-c3cc(NC(=O)c4cc(C(F)(F)F)cnn4)ccc3C)cc(NC)n2)ccn1. The number of rotatable bonds is 6. The number of amides is 1. The molecule has 1 aromatic carbocycles. The minimum atomic E-state index is -4.63. The second-order valence-corrected chi connectivity index (χ2v) is 7.87. The normalized spacial score (nSPS) is 11.2. The summed E-state index contributed by atoms with van der Waals surface area (Å²) in [5, 5.41) is 15.5. The predicted octanol–water partition coefficient (Wildman–Crippen LogP) is 5.26. The molecule has 0 spiro atoms. The molecule has 184 valence electrons. The average Bonchev–Trinajstić information content (AvgIpc) is 2.89. The lowest BCUT2D eigenvalue weighted by Crippen LogP contribution is -2.16. The minimum absolute atomic E-state index is 0.394. The maximum absolute atomic E-state index is 13.0. The molecule has 4 rings (SSSR count). The maximum atomic E-state index is 13.0. The van der Waals surface area contributed by atoms with Crippen LogP contribution in [0.15, 0.2) is 60.9 Å². The summed E-state index contributed by atoms with van der Waals surface area (Å²) in [4.78, 5) is 21.5. The quantitative estimate of drug-likeness (QED) is 0.336. The van der Waals surface area contributed by atoms with Gasteiger partial charge in [-0.3, -0.25) is 4.79 Å². The van der Waals surface area contributed by atoms with Crippen molar-refractivity contribution in [1.82, 2.24) is 20.2 Å². The van der Waals surface area contributed by atoms with Crippen molar-refractivity contribution >= 4 is 23.2 Å². The number of aromatic nitrogens is 4. The first-order valence-corrected chi connectivity index (χ1v) is 10.8. The fraction of sp³-hybridized carbons (Fsp3) is 0.160. The van der Waals surface area contributed by atoms with E-state index in [9.17, 15) is 18.0 Å². The van der Waals surface area contributed by atoms with Gasteiger partial charge < -0.3 is 16.0 Å². The number of alkyl halides is 3. The van der Waals surface area contributed by atoms with E-state index >= 15 is 0 Å². The average molecular weight is 493 g/mol. The molecule has 0 unspecified atom stereocenters. The standard InChI is InChI=1S/C25H22F3N7O/c1-14-4-5-18(33-24(36)21-11-17(13-32-35-21)25(26,27)28)12-19(14)16-8-20(34-23(10-16)30-3)15-6-7-31-22(9-15)29-2/h4-13H,1-3H3,(H,29,31)(H,30,34)(H,33,36). The summed E-state index contributed by atoms with van der Waals surface area (Å²) < 4.78 is 39.0. The van der Waals surface area contributed by atoms with E-state index in [0.29, 0.717) is 35.3 Å². The molecule has 0 aliphatic carbocycles. The Kier molecular flexibility index (Phi) is 6.82. The van der Waals surface area contributed by atoms with Crippen molar-refractivity contribution in [2.45, 2.75) is 13.1 Å². The Morgan fingerprint density at radius 1 is 0.917 bits per heavy atom. The summed E-state index contributed by atoms with van der Waals surface area (Å²) in [7, 11) is 3.55. The van der Waals surface area contributed by atoms with Crippen molar-refractivity contribution in [2.75, 3.05) is 30.0 Å². The third kappa shape index (κ3) is 5.40. The highest BCUT2D eigenvalue weighted by molar-refractivity contribution is 6.03. The number of hydrogen-bond donors (Lipinski definition) is 3. The largest absolute Gasteiger partial charge is 0.418 e. The van der Waals surface area contributed by atoms with Crippen LogP contribution in [-0.2, 0) is 6.18 Å². The summed E-state index contributed by atoms with van der Waals surface area (Å²) in [5.41, 5.74) is 3.05. The molecule has 0 aliphatic heterocycles. The fourth-order valence-electron chi connectivity index (χ4n) is 3.53. The third-order valence-electron chi connectivity index (χ3n) is 5.41. The van der Waals surface area contributed by atoms with E-state index in [1.807, 2.05) is 37.3 Å². The number of halogens is 3. The van der Waals surface area contributed by atoms with E-state index in [-0.39, 0.29) is 0 Å². The van der Waals surface area contributed by atoms with Gasteiger partial charge >= 0.3 is 6.18 Å². The molecule has 3 aromatic heterocycles. The van der Waals surface area contributed by atoms with Gasteiger partial charge in [0.15, 0.2) is 5.69 Å². The number of anilines is 3. The summed E-state index contributed by atoms with van der Waals surface area (Å²) in [6.45, 7) is 1.92. The number of nitrogens with one attached hydrogen (secondary N) is 3. The number of carbonyl (C=O) groups excluding carboxylic acids is 1. The lowest BCUT2D eigenvalue weighted by atomic mass is 9.98. The van der Waals surface area contributed by atoms with Crippen LogP contribution in [0.4, 0.5) is 30.5 Å². The first-order valence-electron chi connectivity index (χ1n) is 10.8. The Balaban J connectivity index is 1.69. The lowest BCUT2D eigenvalue weighted by molar-refractivity contribution is -0.137. The van der Waals surface area contributed by atoms with E-state index in [0.717, 1.165) is 22.3 Å². The molecule has 3 N–H and O–H groups in total. The first kappa shape index (κ1) is 24.6. The fourth-order valence-corrected chi connectivity index (χ4v) is 3.53. The van der Waals surface area contributed by atoms with E-state index in [2.05, 4.69) is 36.1 Å².